The van der Waals surface area contributed by atoms with Gasteiger partial charge >= 0.3 is 5.97 Å². The Morgan fingerprint density at radius 3 is 2.25 bits per heavy atom. The zero-order valence-corrected chi connectivity index (χ0v) is 21.9. The van der Waals surface area contributed by atoms with Gasteiger partial charge in [-0.1, -0.05) is 66.5 Å². The average molecular weight is 441 g/mol. The molecule has 4 fully saturated rings. The number of hydrogen-bond donors (Lipinski definition) is 1. The Bertz CT molecular complexity index is 851. The van der Waals surface area contributed by atoms with E-state index >= 15 is 0 Å². The van der Waals surface area contributed by atoms with Gasteiger partial charge in [0.25, 0.3) is 0 Å². The zero-order chi connectivity index (χ0) is 23.4. The minimum Gasteiger partial charge on any atom is -0.481 e. The van der Waals surface area contributed by atoms with Gasteiger partial charge in [0.05, 0.1) is 5.41 Å². The van der Waals surface area contributed by atoms with Crippen molar-refractivity contribution in [2.45, 2.75) is 119 Å². The normalized spacial score (nSPS) is 51.3. The van der Waals surface area contributed by atoms with E-state index in [2.05, 4.69) is 54.5 Å². The Hall–Kier alpha value is -0.790. The molecule has 7 atom stereocenters. The Labute approximate surface area is 197 Å². The third kappa shape index (κ3) is 2.73. The molecule has 0 aliphatic heterocycles. The standard InChI is InChI=1S/C30H48O2/c1-25(2)15-17-30(24(31)32)18-16-28(6)20(21(30)19-25)9-10-23-27(5)13-8-12-26(3,4)22(27)11-14-29(23,28)7/h9,21-23H,8,10-19H2,1-7H3,(H,31,32)/t21?,22?,23?,27-,28+,29+,30?/m0/s1. The molecule has 0 aromatic rings. The number of fused-ring (bicyclic) bond motifs is 7. The van der Waals surface area contributed by atoms with E-state index in [1.807, 2.05) is 0 Å². The lowest BCUT2D eigenvalue weighted by molar-refractivity contribution is -0.187. The molecule has 5 aliphatic carbocycles. The third-order valence-electron chi connectivity index (χ3n) is 12.8. The third-order valence-corrected chi connectivity index (χ3v) is 12.8. The lowest BCUT2D eigenvalue weighted by atomic mass is 9.33. The van der Waals surface area contributed by atoms with E-state index in [-0.39, 0.29) is 16.7 Å². The van der Waals surface area contributed by atoms with Crippen LogP contribution in [-0.2, 0) is 4.79 Å². The number of rotatable bonds is 1. The molecule has 0 heterocycles. The molecule has 32 heavy (non-hydrogen) atoms. The summed E-state index contributed by atoms with van der Waals surface area (Å²) in [5.74, 6) is 1.28. The summed E-state index contributed by atoms with van der Waals surface area (Å²) >= 11 is 0. The predicted molar refractivity (Wildman–Crippen MR) is 131 cm³/mol. The molecule has 4 unspecified atom stereocenters. The molecule has 0 saturated heterocycles. The molecule has 5 rings (SSSR count). The van der Waals surface area contributed by atoms with Gasteiger partial charge in [0, 0.05) is 0 Å². The summed E-state index contributed by atoms with van der Waals surface area (Å²) in [5.41, 5.74) is 2.62. The van der Waals surface area contributed by atoms with Gasteiger partial charge in [0.1, 0.15) is 0 Å². The molecule has 4 saturated carbocycles. The quantitative estimate of drug-likeness (QED) is 0.417. The molecule has 180 valence electrons. The fraction of sp³-hybridized carbons (Fsp3) is 0.900. The molecule has 0 spiro atoms. The smallest absolute Gasteiger partial charge is 0.310 e. The molecule has 2 nitrogen and oxygen atoms in total. The topological polar surface area (TPSA) is 37.3 Å². The molecule has 0 amide bonds. The van der Waals surface area contributed by atoms with Crippen molar-refractivity contribution in [3.63, 3.8) is 0 Å². The summed E-state index contributed by atoms with van der Waals surface area (Å²) in [6.45, 7) is 17.7. The highest BCUT2D eigenvalue weighted by Gasteiger charge is 2.68. The first kappa shape index (κ1) is 23.0. The van der Waals surface area contributed by atoms with Gasteiger partial charge in [0.2, 0.25) is 0 Å². The predicted octanol–water partition coefficient (Wildman–Crippen LogP) is 8.26. The second kappa shape index (κ2) is 6.66. The Kier molecular flexibility index (Phi) is 4.78. The maximum absolute atomic E-state index is 12.7. The molecule has 1 N–H and O–H groups in total. The Morgan fingerprint density at radius 2 is 1.56 bits per heavy atom. The highest BCUT2D eigenvalue weighted by molar-refractivity contribution is 5.76. The molecular formula is C30H48O2. The monoisotopic (exact) mass is 440 g/mol. The van der Waals surface area contributed by atoms with Crippen LogP contribution in [0.5, 0.6) is 0 Å². The van der Waals surface area contributed by atoms with Crippen molar-refractivity contribution in [2.75, 3.05) is 0 Å². The maximum Gasteiger partial charge on any atom is 0.310 e. The molecule has 0 radical (unpaired) electrons. The van der Waals surface area contributed by atoms with Crippen molar-refractivity contribution < 1.29 is 9.90 Å². The van der Waals surface area contributed by atoms with Gasteiger partial charge in [-0.05, 0) is 109 Å². The lowest BCUT2D eigenvalue weighted by Gasteiger charge is -2.70. The highest BCUT2D eigenvalue weighted by Crippen LogP contribution is 2.75. The summed E-state index contributed by atoms with van der Waals surface area (Å²) in [6.07, 6.45) is 15.5. The Morgan fingerprint density at radius 1 is 0.875 bits per heavy atom. The van der Waals surface area contributed by atoms with Crippen LogP contribution in [0.4, 0.5) is 0 Å². The second-order valence-electron chi connectivity index (χ2n) is 15.0. The van der Waals surface area contributed by atoms with Crippen LogP contribution in [0.2, 0.25) is 0 Å². The van der Waals surface area contributed by atoms with Gasteiger partial charge in [-0.25, -0.2) is 0 Å². The Balaban J connectivity index is 1.60. The number of hydrogen-bond acceptors (Lipinski definition) is 1. The first-order valence-electron chi connectivity index (χ1n) is 13.7. The lowest BCUT2D eigenvalue weighted by Crippen LogP contribution is -2.63. The molecule has 5 aliphatic rings. The van der Waals surface area contributed by atoms with Crippen molar-refractivity contribution in [1.82, 2.24) is 0 Å². The van der Waals surface area contributed by atoms with Crippen molar-refractivity contribution >= 4 is 5.97 Å². The van der Waals surface area contributed by atoms with E-state index in [9.17, 15) is 9.90 Å². The van der Waals surface area contributed by atoms with Crippen LogP contribution in [0, 0.1) is 50.2 Å². The van der Waals surface area contributed by atoms with Crippen LogP contribution in [0.25, 0.3) is 0 Å². The highest BCUT2D eigenvalue weighted by atomic mass is 16.4. The van der Waals surface area contributed by atoms with E-state index in [1.165, 1.54) is 38.5 Å². The molecule has 0 aromatic carbocycles. The fourth-order valence-corrected chi connectivity index (χ4v) is 10.7. The van der Waals surface area contributed by atoms with Crippen molar-refractivity contribution in [3.05, 3.63) is 11.6 Å². The van der Waals surface area contributed by atoms with Crippen LogP contribution in [-0.4, -0.2) is 11.1 Å². The number of carboxylic acid groups (broad SMARTS) is 1. The fourth-order valence-electron chi connectivity index (χ4n) is 10.7. The largest absolute Gasteiger partial charge is 0.481 e. The maximum atomic E-state index is 12.7. The van der Waals surface area contributed by atoms with E-state index in [4.69, 9.17) is 0 Å². The number of allylic oxidation sites excluding steroid dienone is 2. The van der Waals surface area contributed by atoms with Gasteiger partial charge in [-0.15, -0.1) is 0 Å². The first-order chi connectivity index (χ1) is 14.7. The molecule has 0 bridgehead atoms. The molecule has 0 aromatic heterocycles. The van der Waals surface area contributed by atoms with Gasteiger partial charge in [-0.2, -0.15) is 0 Å². The van der Waals surface area contributed by atoms with E-state index < -0.39 is 11.4 Å². The zero-order valence-electron chi connectivity index (χ0n) is 21.9. The van der Waals surface area contributed by atoms with Crippen LogP contribution in [0.15, 0.2) is 11.6 Å². The van der Waals surface area contributed by atoms with Crippen molar-refractivity contribution in [2.24, 2.45) is 50.2 Å². The number of carbonyl (C=O) groups is 1. The van der Waals surface area contributed by atoms with Gasteiger partial charge in [0.15, 0.2) is 0 Å². The molecular weight excluding hydrogens is 392 g/mol. The van der Waals surface area contributed by atoms with Crippen molar-refractivity contribution in [3.8, 4) is 0 Å². The minimum absolute atomic E-state index is 0.155. The number of aliphatic carboxylic acids is 1. The summed E-state index contributed by atoms with van der Waals surface area (Å²) in [6, 6.07) is 0. The number of carboxylic acids is 1. The summed E-state index contributed by atoms with van der Waals surface area (Å²) < 4.78 is 0. The van der Waals surface area contributed by atoms with E-state index in [0.717, 1.165) is 43.9 Å². The first-order valence-corrected chi connectivity index (χ1v) is 13.7. The summed E-state index contributed by atoms with van der Waals surface area (Å²) in [4.78, 5) is 12.7. The van der Waals surface area contributed by atoms with Crippen LogP contribution in [0.1, 0.15) is 119 Å². The van der Waals surface area contributed by atoms with E-state index in [1.54, 1.807) is 5.57 Å². The van der Waals surface area contributed by atoms with Crippen molar-refractivity contribution in [1.29, 1.82) is 0 Å². The van der Waals surface area contributed by atoms with Crippen LogP contribution < -0.4 is 0 Å². The van der Waals surface area contributed by atoms with Gasteiger partial charge in [-0.3, -0.25) is 4.79 Å². The van der Waals surface area contributed by atoms with Gasteiger partial charge < -0.3 is 5.11 Å². The van der Waals surface area contributed by atoms with E-state index in [0.29, 0.717) is 16.2 Å². The molecule has 2 heteroatoms. The SMILES string of the molecule is CC1(C)CCC2(C(=O)O)CC[C@]3(C)C(=CCC4[C@@]5(C)CCCC(C)(C)C5CC[C@]43C)C2C1. The average Bonchev–Trinajstić information content (AvgIpc) is 2.67. The van der Waals surface area contributed by atoms with Crippen LogP contribution in [0.3, 0.4) is 0 Å². The van der Waals surface area contributed by atoms with Crippen LogP contribution >= 0.6 is 0 Å². The second-order valence-corrected chi connectivity index (χ2v) is 15.0. The summed E-state index contributed by atoms with van der Waals surface area (Å²) in [7, 11) is 0. The minimum atomic E-state index is -0.516. The summed E-state index contributed by atoms with van der Waals surface area (Å²) in [5, 5.41) is 10.5.